The largest absolute Gasteiger partial charge is 0.478 e. The summed E-state index contributed by atoms with van der Waals surface area (Å²) < 4.78 is 19.3. The maximum Gasteiger partial charge on any atom is 0.335 e. The van der Waals surface area contributed by atoms with Gasteiger partial charge in [-0.15, -0.1) is 0 Å². The van der Waals surface area contributed by atoms with Crippen LogP contribution in [0.3, 0.4) is 0 Å². The molecule has 1 saturated carbocycles. The molecule has 0 radical (unpaired) electrons. The third-order valence-electron chi connectivity index (χ3n) is 3.96. The predicted octanol–water partition coefficient (Wildman–Crippen LogP) is 4.37. The summed E-state index contributed by atoms with van der Waals surface area (Å²) in [4.78, 5) is 10.8. The fraction of sp³-hybridized carbons (Fsp3) is 0.235. The van der Waals surface area contributed by atoms with Gasteiger partial charge in [0.25, 0.3) is 0 Å². The second-order valence-electron chi connectivity index (χ2n) is 5.64. The van der Waals surface area contributed by atoms with Crippen LogP contribution in [0.1, 0.15) is 35.7 Å². The van der Waals surface area contributed by atoms with Crippen LogP contribution in [0, 0.1) is 5.82 Å². The third kappa shape index (κ3) is 2.75. The standard InChI is InChI=1S/C17H15FO3/c1-17(8-9-17)12-3-5-13(6-4-12)21-15-7-2-11(16(19)20)10-14(15)18/h2-7,10H,8-9H2,1H3,(H,19,20). The summed E-state index contributed by atoms with van der Waals surface area (Å²) in [6.07, 6.45) is 2.39. The minimum atomic E-state index is -1.16. The summed E-state index contributed by atoms with van der Waals surface area (Å²) >= 11 is 0. The monoisotopic (exact) mass is 286 g/mol. The molecule has 1 aliphatic rings. The van der Waals surface area contributed by atoms with Crippen molar-refractivity contribution in [2.75, 3.05) is 0 Å². The number of hydrogen-bond acceptors (Lipinski definition) is 2. The van der Waals surface area contributed by atoms with Crippen LogP contribution in [0.4, 0.5) is 4.39 Å². The quantitative estimate of drug-likeness (QED) is 0.908. The van der Waals surface area contributed by atoms with Gasteiger partial charge in [-0.05, 0) is 54.2 Å². The normalized spacial score (nSPS) is 15.5. The second kappa shape index (κ2) is 4.88. The van der Waals surface area contributed by atoms with Crippen molar-refractivity contribution in [2.24, 2.45) is 0 Å². The zero-order chi connectivity index (χ0) is 15.0. The lowest BCUT2D eigenvalue weighted by Gasteiger charge is -2.11. The van der Waals surface area contributed by atoms with Crippen molar-refractivity contribution in [1.82, 2.24) is 0 Å². The van der Waals surface area contributed by atoms with Crippen molar-refractivity contribution in [2.45, 2.75) is 25.2 Å². The van der Waals surface area contributed by atoms with Crippen molar-refractivity contribution in [3.05, 3.63) is 59.4 Å². The highest BCUT2D eigenvalue weighted by molar-refractivity contribution is 5.87. The Morgan fingerprint density at radius 2 is 1.86 bits per heavy atom. The molecule has 3 nitrogen and oxygen atoms in total. The molecule has 0 aromatic heterocycles. The van der Waals surface area contributed by atoms with Crippen molar-refractivity contribution < 1.29 is 19.0 Å². The number of halogens is 1. The van der Waals surface area contributed by atoms with Crippen molar-refractivity contribution in [1.29, 1.82) is 0 Å². The van der Waals surface area contributed by atoms with Gasteiger partial charge in [0.2, 0.25) is 0 Å². The summed E-state index contributed by atoms with van der Waals surface area (Å²) in [5.74, 6) is -1.30. The first-order valence-corrected chi connectivity index (χ1v) is 6.79. The van der Waals surface area contributed by atoms with E-state index in [0.717, 1.165) is 6.07 Å². The van der Waals surface area contributed by atoms with Gasteiger partial charge >= 0.3 is 5.97 Å². The van der Waals surface area contributed by atoms with E-state index in [2.05, 4.69) is 6.92 Å². The van der Waals surface area contributed by atoms with E-state index in [1.807, 2.05) is 24.3 Å². The van der Waals surface area contributed by atoms with E-state index < -0.39 is 11.8 Å². The summed E-state index contributed by atoms with van der Waals surface area (Å²) in [5.41, 5.74) is 1.45. The maximum atomic E-state index is 13.8. The van der Waals surface area contributed by atoms with Gasteiger partial charge < -0.3 is 9.84 Å². The van der Waals surface area contributed by atoms with Crippen LogP contribution in [0.2, 0.25) is 0 Å². The molecule has 0 bridgehead atoms. The molecule has 21 heavy (non-hydrogen) atoms. The fourth-order valence-corrected chi connectivity index (χ4v) is 2.25. The molecule has 0 aliphatic heterocycles. The van der Waals surface area contributed by atoms with E-state index in [-0.39, 0.29) is 16.7 Å². The van der Waals surface area contributed by atoms with Gasteiger partial charge in [0.15, 0.2) is 11.6 Å². The molecule has 2 aromatic rings. The minimum absolute atomic E-state index is 0.0189. The van der Waals surface area contributed by atoms with Crippen LogP contribution in [0.25, 0.3) is 0 Å². The Balaban J connectivity index is 1.78. The van der Waals surface area contributed by atoms with Gasteiger partial charge in [0.05, 0.1) is 5.56 Å². The number of benzene rings is 2. The summed E-state index contributed by atoms with van der Waals surface area (Å²) in [6, 6.07) is 11.2. The number of rotatable bonds is 4. The summed E-state index contributed by atoms with van der Waals surface area (Å²) in [6.45, 7) is 2.22. The maximum absolute atomic E-state index is 13.8. The molecule has 1 N–H and O–H groups in total. The average molecular weight is 286 g/mol. The molecule has 3 rings (SSSR count). The number of carboxylic acids is 1. The van der Waals surface area contributed by atoms with Gasteiger partial charge in [-0.25, -0.2) is 9.18 Å². The van der Waals surface area contributed by atoms with Crippen LogP contribution in [0.5, 0.6) is 11.5 Å². The van der Waals surface area contributed by atoms with Gasteiger partial charge in [-0.2, -0.15) is 0 Å². The lowest BCUT2D eigenvalue weighted by atomic mass is 9.99. The van der Waals surface area contributed by atoms with Crippen molar-refractivity contribution >= 4 is 5.97 Å². The average Bonchev–Trinajstić information content (AvgIpc) is 3.21. The zero-order valence-electron chi connectivity index (χ0n) is 11.6. The highest BCUT2D eigenvalue weighted by Crippen LogP contribution is 2.47. The third-order valence-corrected chi connectivity index (χ3v) is 3.96. The summed E-state index contributed by atoms with van der Waals surface area (Å²) in [7, 11) is 0. The summed E-state index contributed by atoms with van der Waals surface area (Å²) in [5, 5.41) is 8.80. The number of hydrogen-bond donors (Lipinski definition) is 1. The molecule has 108 valence electrons. The molecule has 0 atom stereocenters. The van der Waals surface area contributed by atoms with E-state index in [0.29, 0.717) is 5.75 Å². The van der Waals surface area contributed by atoms with Gasteiger partial charge in [-0.1, -0.05) is 19.1 Å². The molecular weight excluding hydrogens is 271 g/mol. The molecule has 0 amide bonds. The van der Waals surface area contributed by atoms with Crippen LogP contribution in [-0.4, -0.2) is 11.1 Å². The number of carboxylic acid groups (broad SMARTS) is 1. The van der Waals surface area contributed by atoms with E-state index in [4.69, 9.17) is 9.84 Å². The highest BCUT2D eigenvalue weighted by Gasteiger charge is 2.38. The molecule has 0 heterocycles. The molecule has 2 aromatic carbocycles. The smallest absolute Gasteiger partial charge is 0.335 e. The first kappa shape index (κ1) is 13.6. The van der Waals surface area contributed by atoms with E-state index in [1.54, 1.807) is 0 Å². The lowest BCUT2D eigenvalue weighted by Crippen LogP contribution is -1.99. The van der Waals surface area contributed by atoms with Gasteiger partial charge in [0.1, 0.15) is 5.75 Å². The fourth-order valence-electron chi connectivity index (χ4n) is 2.25. The Kier molecular flexibility index (Phi) is 3.16. The molecule has 0 unspecified atom stereocenters. The van der Waals surface area contributed by atoms with Crippen LogP contribution < -0.4 is 4.74 Å². The van der Waals surface area contributed by atoms with E-state index >= 15 is 0 Å². The van der Waals surface area contributed by atoms with Crippen LogP contribution in [-0.2, 0) is 5.41 Å². The molecule has 4 heteroatoms. The first-order chi connectivity index (χ1) is 9.98. The van der Waals surface area contributed by atoms with Crippen molar-refractivity contribution in [3.63, 3.8) is 0 Å². The Morgan fingerprint density at radius 3 is 2.38 bits per heavy atom. The Hall–Kier alpha value is -2.36. The second-order valence-corrected chi connectivity index (χ2v) is 5.64. The lowest BCUT2D eigenvalue weighted by molar-refractivity contribution is 0.0696. The molecule has 0 spiro atoms. The molecule has 1 aliphatic carbocycles. The number of ether oxygens (including phenoxy) is 1. The highest BCUT2D eigenvalue weighted by atomic mass is 19.1. The zero-order valence-corrected chi connectivity index (χ0v) is 11.6. The number of aromatic carboxylic acids is 1. The molecule has 1 fully saturated rings. The Morgan fingerprint density at radius 1 is 1.19 bits per heavy atom. The van der Waals surface area contributed by atoms with Crippen molar-refractivity contribution in [3.8, 4) is 11.5 Å². The SMILES string of the molecule is CC1(c2ccc(Oc3ccc(C(=O)O)cc3F)cc2)CC1. The topological polar surface area (TPSA) is 46.5 Å². The van der Waals surface area contributed by atoms with Gasteiger partial charge in [-0.3, -0.25) is 0 Å². The van der Waals surface area contributed by atoms with E-state index in [1.165, 1.54) is 30.5 Å². The minimum Gasteiger partial charge on any atom is -0.478 e. The Labute approximate surface area is 122 Å². The number of carbonyl (C=O) groups is 1. The first-order valence-electron chi connectivity index (χ1n) is 6.79. The molecular formula is C17H15FO3. The van der Waals surface area contributed by atoms with Crippen LogP contribution in [0.15, 0.2) is 42.5 Å². The van der Waals surface area contributed by atoms with Gasteiger partial charge in [0, 0.05) is 0 Å². The predicted molar refractivity (Wildman–Crippen MR) is 76.5 cm³/mol. The molecule has 0 saturated heterocycles. The van der Waals surface area contributed by atoms with Crippen LogP contribution >= 0.6 is 0 Å². The Bertz CT molecular complexity index is 688. The van der Waals surface area contributed by atoms with E-state index in [9.17, 15) is 9.18 Å².